The number of amides is 2. The predicted octanol–water partition coefficient (Wildman–Crippen LogP) is 4.99. The van der Waals surface area contributed by atoms with Crippen molar-refractivity contribution in [1.29, 1.82) is 0 Å². The number of carbonyl (C=O) groups is 2. The van der Waals surface area contributed by atoms with Crippen molar-refractivity contribution in [2.75, 3.05) is 26.2 Å². The zero-order valence-electron chi connectivity index (χ0n) is 24.8. The lowest BCUT2D eigenvalue weighted by Gasteiger charge is -2.42. The van der Waals surface area contributed by atoms with E-state index >= 15 is 0 Å². The van der Waals surface area contributed by atoms with Crippen molar-refractivity contribution in [2.24, 2.45) is 0 Å². The van der Waals surface area contributed by atoms with E-state index in [2.05, 4.69) is 4.98 Å². The van der Waals surface area contributed by atoms with E-state index in [9.17, 15) is 24.6 Å². The minimum absolute atomic E-state index is 0.0234. The fourth-order valence-corrected chi connectivity index (χ4v) is 6.52. The van der Waals surface area contributed by atoms with E-state index in [0.29, 0.717) is 53.2 Å². The largest absolute Gasteiger partial charge is 0.465 e. The summed E-state index contributed by atoms with van der Waals surface area (Å²) in [5, 5.41) is 22.3. The number of piperidine rings is 1. The number of ether oxygens (including phenoxy) is 1. The molecule has 6 rings (SSSR count). The van der Waals surface area contributed by atoms with Crippen molar-refractivity contribution in [1.82, 2.24) is 23.9 Å². The first kappa shape index (κ1) is 31.1. The van der Waals surface area contributed by atoms with E-state index in [1.54, 1.807) is 51.9 Å². The van der Waals surface area contributed by atoms with Crippen molar-refractivity contribution >= 4 is 46.2 Å². The lowest BCUT2D eigenvalue weighted by molar-refractivity contribution is -0.106. The van der Waals surface area contributed by atoms with Crippen LogP contribution in [0.5, 0.6) is 0 Å². The molecule has 2 fully saturated rings. The smallest absolute Gasteiger partial charge is 0.407 e. The lowest BCUT2D eigenvalue weighted by atomic mass is 9.91. The fourth-order valence-electron chi connectivity index (χ4n) is 6.10. The molecule has 0 saturated carbocycles. The van der Waals surface area contributed by atoms with Gasteiger partial charge in [-0.3, -0.25) is 23.6 Å². The van der Waals surface area contributed by atoms with Gasteiger partial charge in [0.1, 0.15) is 11.5 Å². The normalized spacial score (nSPS) is 19.5. The van der Waals surface area contributed by atoms with Crippen LogP contribution in [-0.2, 0) is 11.3 Å². The minimum Gasteiger partial charge on any atom is -0.465 e. The number of rotatable bonds is 5. The number of carboxylic acid groups (broad SMARTS) is 1. The first-order valence-corrected chi connectivity index (χ1v) is 15.4. The van der Waals surface area contributed by atoms with Gasteiger partial charge in [0, 0.05) is 29.4 Å². The summed E-state index contributed by atoms with van der Waals surface area (Å²) in [6, 6.07) is 15.0. The Kier molecular flexibility index (Phi) is 8.15. The summed E-state index contributed by atoms with van der Waals surface area (Å²) in [5.74, 6) is -0.131. The summed E-state index contributed by atoms with van der Waals surface area (Å²) in [6.45, 7) is 4.90. The molecule has 2 N–H and O–H groups in total. The van der Waals surface area contributed by atoms with E-state index in [1.807, 2.05) is 26.0 Å². The van der Waals surface area contributed by atoms with Crippen LogP contribution in [0.15, 0.2) is 65.7 Å². The summed E-state index contributed by atoms with van der Waals surface area (Å²) in [6.07, 6.45) is 0.990. The highest BCUT2D eigenvalue weighted by atomic mass is 35.5. The molecule has 236 valence electrons. The predicted molar refractivity (Wildman–Crippen MR) is 169 cm³/mol. The SMILES string of the molecule is CC1(C)CN(C(=O)O)C(c2ccc(-n3c(Cl)cc4c(=O)n(CC5(O)CCN(C(=O)c6ccc(Cl)cc6)CC5)cnc43)cc2)CO1. The van der Waals surface area contributed by atoms with Crippen LogP contribution in [0, 0.1) is 0 Å². The molecule has 45 heavy (non-hydrogen) atoms. The second-order valence-electron chi connectivity index (χ2n) is 12.3. The quantitative estimate of drug-likeness (QED) is 0.310. The Labute approximate surface area is 269 Å². The number of hydrogen-bond acceptors (Lipinski definition) is 6. The summed E-state index contributed by atoms with van der Waals surface area (Å²) in [5.41, 5.74) is 0.201. The molecule has 2 aliphatic heterocycles. The number of likely N-dealkylation sites (tertiary alicyclic amines) is 1. The van der Waals surface area contributed by atoms with Gasteiger partial charge < -0.3 is 19.8 Å². The Bertz CT molecular complexity index is 1810. The first-order valence-electron chi connectivity index (χ1n) is 14.6. The molecule has 1 unspecified atom stereocenters. The number of benzene rings is 2. The van der Waals surface area contributed by atoms with Crippen LogP contribution in [0.2, 0.25) is 10.2 Å². The molecule has 0 spiro atoms. The monoisotopic (exact) mass is 653 g/mol. The number of morpholine rings is 1. The molecule has 2 amide bonds. The van der Waals surface area contributed by atoms with Gasteiger partial charge in [-0.1, -0.05) is 35.3 Å². The zero-order chi connectivity index (χ0) is 32.1. The molecule has 0 aliphatic carbocycles. The maximum atomic E-state index is 13.5. The summed E-state index contributed by atoms with van der Waals surface area (Å²) >= 11 is 12.5. The molecule has 2 aromatic heterocycles. The van der Waals surface area contributed by atoms with Crippen LogP contribution in [0.1, 0.15) is 48.7 Å². The van der Waals surface area contributed by atoms with Crippen molar-refractivity contribution in [3.63, 3.8) is 0 Å². The maximum absolute atomic E-state index is 13.5. The second kappa shape index (κ2) is 11.8. The Morgan fingerprint density at radius 2 is 1.71 bits per heavy atom. The van der Waals surface area contributed by atoms with Crippen LogP contribution in [-0.4, -0.2) is 83.6 Å². The first-order chi connectivity index (χ1) is 21.3. The molecule has 4 heterocycles. The molecule has 11 nitrogen and oxygen atoms in total. The summed E-state index contributed by atoms with van der Waals surface area (Å²) in [4.78, 5) is 46.0. The Morgan fingerprint density at radius 1 is 1.04 bits per heavy atom. The van der Waals surface area contributed by atoms with Gasteiger partial charge in [0.15, 0.2) is 5.65 Å². The topological polar surface area (TPSA) is 130 Å². The van der Waals surface area contributed by atoms with E-state index in [0.717, 1.165) is 5.56 Å². The van der Waals surface area contributed by atoms with Crippen LogP contribution in [0.4, 0.5) is 4.79 Å². The standard InChI is InChI=1S/C32H33Cl2N5O6/c1-31(2)17-38(30(42)43)25(16-45-31)20-5-9-23(10-6-20)39-26(34)15-24-27(39)35-19-37(29(24)41)18-32(44)11-13-36(14-12-32)28(40)21-3-7-22(33)8-4-21/h3-10,15,19,25,44H,11-14,16-18H2,1-2H3,(H,42,43). The van der Waals surface area contributed by atoms with Gasteiger partial charge in [-0.05, 0) is 74.7 Å². The van der Waals surface area contributed by atoms with Gasteiger partial charge in [-0.25, -0.2) is 9.78 Å². The van der Waals surface area contributed by atoms with Crippen LogP contribution in [0.25, 0.3) is 16.7 Å². The number of aliphatic hydroxyl groups is 1. The van der Waals surface area contributed by atoms with Crippen LogP contribution >= 0.6 is 23.2 Å². The van der Waals surface area contributed by atoms with E-state index in [1.165, 1.54) is 15.8 Å². The zero-order valence-corrected chi connectivity index (χ0v) is 26.3. The van der Waals surface area contributed by atoms with E-state index in [4.69, 9.17) is 27.9 Å². The second-order valence-corrected chi connectivity index (χ2v) is 13.2. The fraction of sp³-hybridized carbons (Fsp3) is 0.375. The molecular formula is C32H33Cl2N5O6. The van der Waals surface area contributed by atoms with E-state index in [-0.39, 0.29) is 36.3 Å². The number of hydrogen-bond donors (Lipinski definition) is 2. The van der Waals surface area contributed by atoms with Gasteiger partial charge in [0.2, 0.25) is 0 Å². The Balaban J connectivity index is 1.19. The number of aromatic nitrogens is 3. The van der Waals surface area contributed by atoms with Gasteiger partial charge in [0.25, 0.3) is 11.5 Å². The van der Waals surface area contributed by atoms with Crippen LogP contribution in [0.3, 0.4) is 0 Å². The van der Waals surface area contributed by atoms with Gasteiger partial charge in [-0.2, -0.15) is 0 Å². The molecule has 2 aliphatic rings. The molecule has 2 saturated heterocycles. The van der Waals surface area contributed by atoms with Gasteiger partial charge in [0.05, 0.1) is 42.3 Å². The Hall–Kier alpha value is -3.90. The molecule has 0 radical (unpaired) electrons. The summed E-state index contributed by atoms with van der Waals surface area (Å²) in [7, 11) is 0. The molecule has 13 heteroatoms. The maximum Gasteiger partial charge on any atom is 0.407 e. The van der Waals surface area contributed by atoms with Gasteiger partial charge >= 0.3 is 6.09 Å². The number of halogens is 2. The number of nitrogens with zero attached hydrogens (tertiary/aromatic N) is 5. The highest BCUT2D eigenvalue weighted by molar-refractivity contribution is 6.31. The third-order valence-corrected chi connectivity index (χ3v) is 9.15. The molecular weight excluding hydrogens is 621 g/mol. The Morgan fingerprint density at radius 3 is 2.36 bits per heavy atom. The third kappa shape index (κ3) is 6.17. The molecule has 4 aromatic rings. The number of fused-ring (bicyclic) bond motifs is 1. The number of carbonyl (C=O) groups excluding carboxylic acids is 1. The van der Waals surface area contributed by atoms with Crippen molar-refractivity contribution in [3.8, 4) is 5.69 Å². The highest BCUT2D eigenvalue weighted by Crippen LogP contribution is 2.32. The minimum atomic E-state index is -1.19. The average molecular weight is 655 g/mol. The third-order valence-electron chi connectivity index (χ3n) is 8.62. The molecule has 0 bridgehead atoms. The van der Waals surface area contributed by atoms with Crippen molar-refractivity contribution < 1.29 is 24.5 Å². The molecule has 1 atom stereocenters. The summed E-state index contributed by atoms with van der Waals surface area (Å²) < 4.78 is 8.93. The highest BCUT2D eigenvalue weighted by Gasteiger charge is 2.38. The lowest BCUT2D eigenvalue weighted by Crippen LogP contribution is -2.51. The van der Waals surface area contributed by atoms with Crippen molar-refractivity contribution in [3.05, 3.63) is 92.6 Å². The van der Waals surface area contributed by atoms with Crippen molar-refractivity contribution in [2.45, 2.75) is 50.5 Å². The van der Waals surface area contributed by atoms with Gasteiger partial charge in [-0.15, -0.1) is 0 Å². The van der Waals surface area contributed by atoms with Crippen LogP contribution < -0.4 is 5.56 Å². The van der Waals surface area contributed by atoms with E-state index < -0.39 is 23.3 Å². The molecule has 2 aromatic carbocycles. The average Bonchev–Trinajstić information content (AvgIpc) is 3.35.